The summed E-state index contributed by atoms with van der Waals surface area (Å²) in [5, 5.41) is 20.6. The second kappa shape index (κ2) is 27.7. The fourth-order valence-electron chi connectivity index (χ4n) is 3.01. The third kappa shape index (κ3) is 27.7. The van der Waals surface area contributed by atoms with Crippen molar-refractivity contribution in [1.82, 2.24) is 31.9 Å². The zero-order valence-corrected chi connectivity index (χ0v) is 19.0. The Labute approximate surface area is 180 Å². The van der Waals surface area contributed by atoms with Gasteiger partial charge in [0.2, 0.25) is 0 Å². The third-order valence-electron chi connectivity index (χ3n) is 4.72. The Bertz CT molecular complexity index is 255. The Hall–Kier alpha value is -0.320. The Kier molecular flexibility index (Phi) is 27.4. The summed E-state index contributed by atoms with van der Waals surface area (Å²) in [5.41, 5.74) is 10.9. The minimum Gasteiger partial charge on any atom is -0.329 e. The lowest BCUT2D eigenvalue weighted by Gasteiger charge is -2.08. The van der Waals surface area contributed by atoms with Gasteiger partial charge in [0.05, 0.1) is 0 Å². The number of nitrogens with one attached hydrogen (secondary N) is 6. The fraction of sp³-hybridized carbons (Fsp3) is 1.00. The van der Waals surface area contributed by atoms with Crippen LogP contribution in [-0.2, 0) is 0 Å². The van der Waals surface area contributed by atoms with Gasteiger partial charge in [0.15, 0.2) is 0 Å². The van der Waals surface area contributed by atoms with Crippen LogP contribution in [0.3, 0.4) is 0 Å². The van der Waals surface area contributed by atoms with Crippen LogP contribution in [0, 0.1) is 0 Å². The fourth-order valence-corrected chi connectivity index (χ4v) is 3.01. The first-order chi connectivity index (χ1) is 14.4. The first-order valence-electron chi connectivity index (χ1n) is 12.1. The lowest BCUT2D eigenvalue weighted by molar-refractivity contribution is 0.535. The predicted molar refractivity (Wildman–Crippen MR) is 128 cm³/mol. The van der Waals surface area contributed by atoms with Gasteiger partial charge in [0, 0.05) is 52.4 Å². The number of unbranched alkanes of at least 4 members (excludes halogenated alkanes) is 4. The topological polar surface area (TPSA) is 124 Å². The standard InChI is InChI=1S/C21H52N8/c22-8-16-24-12-6-14-28-20-18-26-10-4-2-1-3-5-11-27-19-21-29-15-7-13-25-17-9-23/h24-29H,1-23H2. The van der Waals surface area contributed by atoms with Gasteiger partial charge in [-0.3, -0.25) is 0 Å². The van der Waals surface area contributed by atoms with Crippen molar-refractivity contribution in [3.63, 3.8) is 0 Å². The van der Waals surface area contributed by atoms with E-state index in [1.54, 1.807) is 0 Å². The van der Waals surface area contributed by atoms with Gasteiger partial charge in [-0.1, -0.05) is 19.3 Å². The molecule has 10 N–H and O–H groups in total. The number of nitrogens with two attached hydrogens (primary N) is 2. The Balaban J connectivity index is 2.97. The van der Waals surface area contributed by atoms with E-state index in [2.05, 4.69) is 31.9 Å². The largest absolute Gasteiger partial charge is 0.329 e. The van der Waals surface area contributed by atoms with Gasteiger partial charge < -0.3 is 43.4 Å². The van der Waals surface area contributed by atoms with Crippen LogP contribution >= 0.6 is 0 Å². The summed E-state index contributed by atoms with van der Waals surface area (Å²) in [7, 11) is 0. The maximum Gasteiger partial charge on any atom is 0.00767 e. The van der Waals surface area contributed by atoms with Crippen molar-refractivity contribution >= 4 is 0 Å². The first kappa shape index (κ1) is 28.7. The maximum atomic E-state index is 5.43. The average Bonchev–Trinajstić information content (AvgIpc) is 2.74. The lowest BCUT2D eigenvalue weighted by atomic mass is 10.1. The van der Waals surface area contributed by atoms with Gasteiger partial charge in [-0.25, -0.2) is 0 Å². The molecule has 0 bridgehead atoms. The summed E-state index contributed by atoms with van der Waals surface area (Å²) in [6, 6.07) is 0. The molecule has 0 spiro atoms. The highest BCUT2D eigenvalue weighted by Gasteiger charge is 1.93. The highest BCUT2D eigenvalue weighted by Crippen LogP contribution is 2.01. The first-order valence-corrected chi connectivity index (χ1v) is 12.1. The molecular formula is C21H52N8. The molecule has 0 saturated heterocycles. The van der Waals surface area contributed by atoms with E-state index in [-0.39, 0.29) is 0 Å². The number of hydrogen-bond donors (Lipinski definition) is 8. The molecule has 0 atom stereocenters. The van der Waals surface area contributed by atoms with E-state index in [1.165, 1.54) is 44.9 Å². The normalized spacial score (nSPS) is 11.4. The van der Waals surface area contributed by atoms with Crippen molar-refractivity contribution in [2.24, 2.45) is 11.5 Å². The smallest absolute Gasteiger partial charge is 0.00767 e. The highest BCUT2D eigenvalue weighted by atomic mass is 15.0. The van der Waals surface area contributed by atoms with E-state index in [9.17, 15) is 0 Å². The van der Waals surface area contributed by atoms with Gasteiger partial charge in [-0.05, 0) is 65.0 Å². The molecule has 0 aliphatic carbocycles. The Morgan fingerprint density at radius 1 is 0.276 bits per heavy atom. The van der Waals surface area contributed by atoms with Crippen molar-refractivity contribution in [2.75, 3.05) is 91.6 Å². The molecule has 0 aromatic rings. The molecule has 0 unspecified atom stereocenters. The van der Waals surface area contributed by atoms with Crippen LogP contribution in [-0.4, -0.2) is 91.6 Å². The van der Waals surface area contributed by atoms with Gasteiger partial charge in [-0.15, -0.1) is 0 Å². The molecule has 0 aromatic heterocycles. The van der Waals surface area contributed by atoms with E-state index in [0.29, 0.717) is 0 Å². The lowest BCUT2D eigenvalue weighted by Crippen LogP contribution is -2.30. The van der Waals surface area contributed by atoms with E-state index in [1.807, 2.05) is 0 Å². The van der Waals surface area contributed by atoms with Crippen molar-refractivity contribution in [3.8, 4) is 0 Å². The van der Waals surface area contributed by atoms with Crippen molar-refractivity contribution < 1.29 is 0 Å². The van der Waals surface area contributed by atoms with Crippen LogP contribution < -0.4 is 43.4 Å². The van der Waals surface area contributed by atoms with Crippen LogP contribution in [0.1, 0.15) is 44.9 Å². The Morgan fingerprint density at radius 2 is 0.552 bits per heavy atom. The molecular weight excluding hydrogens is 364 g/mol. The van der Waals surface area contributed by atoms with Crippen LogP contribution in [0.4, 0.5) is 0 Å². The highest BCUT2D eigenvalue weighted by molar-refractivity contribution is 4.57. The summed E-state index contributed by atoms with van der Waals surface area (Å²) >= 11 is 0. The zero-order valence-electron chi connectivity index (χ0n) is 19.0. The molecule has 0 saturated carbocycles. The van der Waals surface area contributed by atoms with Crippen molar-refractivity contribution in [3.05, 3.63) is 0 Å². The number of rotatable bonds is 26. The molecule has 0 heterocycles. The second-order valence-electron chi connectivity index (χ2n) is 7.55. The molecule has 0 aromatic carbocycles. The summed E-state index contributed by atoms with van der Waals surface area (Å²) in [5.74, 6) is 0. The molecule has 8 nitrogen and oxygen atoms in total. The molecule has 29 heavy (non-hydrogen) atoms. The quantitative estimate of drug-likeness (QED) is 0.0860. The second-order valence-corrected chi connectivity index (χ2v) is 7.55. The van der Waals surface area contributed by atoms with Crippen molar-refractivity contribution in [1.29, 1.82) is 0 Å². The summed E-state index contributed by atoms with van der Waals surface area (Å²) in [4.78, 5) is 0. The van der Waals surface area contributed by atoms with Crippen molar-refractivity contribution in [2.45, 2.75) is 44.9 Å². The summed E-state index contributed by atoms with van der Waals surface area (Å²) in [6.45, 7) is 14.1. The average molecular weight is 417 g/mol. The minimum atomic E-state index is 0.723. The maximum absolute atomic E-state index is 5.43. The molecule has 0 aliphatic heterocycles. The minimum absolute atomic E-state index is 0.723. The molecule has 0 radical (unpaired) electrons. The van der Waals surface area contributed by atoms with Crippen LogP contribution in [0.25, 0.3) is 0 Å². The zero-order chi connectivity index (χ0) is 21.1. The molecule has 176 valence electrons. The summed E-state index contributed by atoms with van der Waals surface area (Å²) in [6.07, 6.45) is 8.95. The molecule has 8 heteroatoms. The monoisotopic (exact) mass is 416 g/mol. The van der Waals surface area contributed by atoms with Gasteiger partial charge in [0.1, 0.15) is 0 Å². The van der Waals surface area contributed by atoms with E-state index in [4.69, 9.17) is 11.5 Å². The number of hydrogen-bond acceptors (Lipinski definition) is 8. The van der Waals surface area contributed by atoms with Gasteiger partial charge in [0.25, 0.3) is 0 Å². The third-order valence-corrected chi connectivity index (χ3v) is 4.72. The molecule has 0 aliphatic rings. The van der Waals surface area contributed by atoms with Gasteiger partial charge in [-0.2, -0.15) is 0 Å². The summed E-state index contributed by atoms with van der Waals surface area (Å²) < 4.78 is 0. The van der Waals surface area contributed by atoms with E-state index >= 15 is 0 Å². The SMILES string of the molecule is NCCNCCCNCCNCCCCCCCNCCNCCCNCCN. The Morgan fingerprint density at radius 3 is 0.897 bits per heavy atom. The molecule has 0 fully saturated rings. The molecule has 0 rings (SSSR count). The predicted octanol–water partition coefficient (Wildman–Crippen LogP) is -0.828. The van der Waals surface area contributed by atoms with Crippen LogP contribution in [0.5, 0.6) is 0 Å². The van der Waals surface area contributed by atoms with Gasteiger partial charge >= 0.3 is 0 Å². The van der Waals surface area contributed by atoms with E-state index in [0.717, 1.165) is 91.6 Å². The van der Waals surface area contributed by atoms with Crippen LogP contribution in [0.15, 0.2) is 0 Å². The van der Waals surface area contributed by atoms with Crippen LogP contribution in [0.2, 0.25) is 0 Å². The van der Waals surface area contributed by atoms with E-state index < -0.39 is 0 Å². The molecule has 0 amide bonds.